The second-order valence-electron chi connectivity index (χ2n) is 10.4. The molecule has 1 aliphatic rings. The second-order valence-corrected chi connectivity index (χ2v) is 14.7. The van der Waals surface area contributed by atoms with Gasteiger partial charge in [-0.15, -0.1) is 0 Å². The average Bonchev–Trinajstić information content (AvgIpc) is 3.29. The maximum absolute atomic E-state index is 10.9. The highest BCUT2D eigenvalue weighted by molar-refractivity contribution is 6.99. The van der Waals surface area contributed by atoms with Crippen LogP contribution >= 0.6 is 0 Å². The predicted octanol–water partition coefficient (Wildman–Crippen LogP) is 5.74. The fourth-order valence-electron chi connectivity index (χ4n) is 5.43. The van der Waals surface area contributed by atoms with Gasteiger partial charge in [0.2, 0.25) is 0 Å². The monoisotopic (exact) mass is 486 g/mol. The first-order chi connectivity index (χ1) is 16.9. The van der Waals surface area contributed by atoms with Crippen molar-refractivity contribution in [2.75, 3.05) is 13.7 Å². The highest BCUT2D eigenvalue weighted by atomic mass is 28.4. The van der Waals surface area contributed by atoms with E-state index in [1.54, 1.807) is 7.11 Å². The van der Waals surface area contributed by atoms with Crippen LogP contribution in [0.5, 0.6) is 5.75 Å². The van der Waals surface area contributed by atoms with Crippen LogP contribution < -0.4 is 15.1 Å². The number of rotatable bonds is 9. The molecule has 0 spiro atoms. The molecule has 1 N–H and O–H groups in total. The first-order valence-electron chi connectivity index (χ1n) is 12.6. The van der Waals surface area contributed by atoms with Crippen molar-refractivity contribution in [1.29, 1.82) is 0 Å². The Morgan fingerprint density at radius 2 is 1.51 bits per heavy atom. The number of methoxy groups -OCH3 is 1. The lowest BCUT2D eigenvalue weighted by Gasteiger charge is -2.43. The third-order valence-corrected chi connectivity index (χ3v) is 12.2. The van der Waals surface area contributed by atoms with Crippen molar-refractivity contribution >= 4 is 24.3 Å². The normalized spacial score (nSPS) is 15.7. The van der Waals surface area contributed by atoms with Gasteiger partial charge >= 0.3 is 0 Å². The van der Waals surface area contributed by atoms with Crippen molar-refractivity contribution in [1.82, 2.24) is 0 Å². The van der Waals surface area contributed by atoms with Gasteiger partial charge in [-0.05, 0) is 58.3 Å². The summed E-state index contributed by atoms with van der Waals surface area (Å²) in [6, 6.07) is 27.6. The number of fused-ring (bicyclic) bond motifs is 1. The minimum atomic E-state index is -2.56. The Balaban J connectivity index is 1.49. The third-order valence-electron chi connectivity index (χ3n) is 7.17. The summed E-state index contributed by atoms with van der Waals surface area (Å²) in [6.45, 7) is 7.38. The Morgan fingerprint density at radius 1 is 0.886 bits per heavy atom. The quantitative estimate of drug-likeness (QED) is 0.392. The molecule has 1 atom stereocenters. The lowest BCUT2D eigenvalue weighted by molar-refractivity contribution is 0.139. The van der Waals surface area contributed by atoms with E-state index in [0.29, 0.717) is 19.4 Å². The zero-order valence-electron chi connectivity index (χ0n) is 21.5. The molecule has 184 valence electrons. The number of hydrogen-bond donors (Lipinski definition) is 1. The maximum Gasteiger partial charge on any atom is 0.261 e. The van der Waals surface area contributed by atoms with E-state index >= 15 is 0 Å². The van der Waals surface area contributed by atoms with Crippen LogP contribution in [-0.2, 0) is 10.8 Å². The van der Waals surface area contributed by atoms with E-state index in [1.165, 1.54) is 27.1 Å². The average molecular weight is 487 g/mol. The standard InChI is InChI=1S/C31H38O3Si/c1-31(2,3)35(26-12-7-5-8-13-26,27-14-9-6-10-15-27)34-23-22-25(32)20-18-24-19-21-29-28(24)16-11-17-30(29)33-4/h5-18,25,32H,19-23H2,1-4H3/b24-18+. The molecule has 35 heavy (non-hydrogen) atoms. The van der Waals surface area contributed by atoms with Crippen molar-refractivity contribution < 1.29 is 14.3 Å². The van der Waals surface area contributed by atoms with Gasteiger partial charge in [-0.1, -0.05) is 99.6 Å². The lowest BCUT2D eigenvalue weighted by Crippen LogP contribution is -2.66. The smallest absolute Gasteiger partial charge is 0.261 e. The number of benzene rings is 3. The van der Waals surface area contributed by atoms with Crippen molar-refractivity contribution in [3.63, 3.8) is 0 Å². The zero-order valence-corrected chi connectivity index (χ0v) is 22.5. The van der Waals surface area contributed by atoms with Crippen molar-refractivity contribution in [2.45, 2.75) is 57.6 Å². The van der Waals surface area contributed by atoms with Gasteiger partial charge in [0.1, 0.15) is 5.75 Å². The van der Waals surface area contributed by atoms with E-state index in [0.717, 1.165) is 18.6 Å². The van der Waals surface area contributed by atoms with E-state index in [9.17, 15) is 5.11 Å². The van der Waals surface area contributed by atoms with Crippen LogP contribution in [0.25, 0.3) is 5.57 Å². The molecular formula is C31H38O3Si. The molecule has 0 heterocycles. The molecule has 1 aliphatic carbocycles. The van der Waals surface area contributed by atoms with Gasteiger partial charge < -0.3 is 14.3 Å². The molecule has 0 bridgehead atoms. The Kier molecular flexibility index (Phi) is 7.95. The molecule has 0 saturated carbocycles. The largest absolute Gasteiger partial charge is 0.496 e. The molecule has 0 aromatic heterocycles. The van der Waals surface area contributed by atoms with Gasteiger partial charge in [0.25, 0.3) is 8.32 Å². The Labute approximate surface area is 211 Å². The molecule has 3 nitrogen and oxygen atoms in total. The number of ether oxygens (including phenoxy) is 1. The third kappa shape index (κ3) is 5.30. The van der Waals surface area contributed by atoms with Crippen molar-refractivity contribution in [3.8, 4) is 5.75 Å². The van der Waals surface area contributed by atoms with Crippen LogP contribution in [0.4, 0.5) is 0 Å². The molecule has 0 saturated heterocycles. The summed E-state index contributed by atoms with van der Waals surface area (Å²) in [5.74, 6) is 0.963. The number of hydrogen-bond acceptors (Lipinski definition) is 3. The second kappa shape index (κ2) is 10.9. The van der Waals surface area contributed by atoms with Gasteiger partial charge in [-0.25, -0.2) is 0 Å². The predicted molar refractivity (Wildman–Crippen MR) is 148 cm³/mol. The van der Waals surface area contributed by atoms with Gasteiger partial charge in [-0.3, -0.25) is 0 Å². The summed E-state index contributed by atoms with van der Waals surface area (Å²) in [5.41, 5.74) is 3.86. The van der Waals surface area contributed by atoms with Crippen LogP contribution in [0, 0.1) is 0 Å². The van der Waals surface area contributed by atoms with E-state index in [4.69, 9.17) is 9.16 Å². The summed E-state index contributed by atoms with van der Waals surface area (Å²) >= 11 is 0. The highest BCUT2D eigenvalue weighted by Gasteiger charge is 2.50. The van der Waals surface area contributed by atoms with E-state index in [2.05, 4.69) is 93.6 Å². The summed E-state index contributed by atoms with van der Waals surface area (Å²) in [7, 11) is -0.834. The Morgan fingerprint density at radius 3 is 2.09 bits per heavy atom. The molecule has 3 aromatic rings. The fraction of sp³-hybridized carbons (Fsp3) is 0.355. The first-order valence-corrected chi connectivity index (χ1v) is 14.6. The van der Waals surface area contributed by atoms with Gasteiger partial charge in [0.05, 0.1) is 13.2 Å². The highest BCUT2D eigenvalue weighted by Crippen LogP contribution is 2.38. The summed E-state index contributed by atoms with van der Waals surface area (Å²) in [4.78, 5) is 0. The fourth-order valence-corrected chi connectivity index (χ4v) is 10.0. The topological polar surface area (TPSA) is 38.7 Å². The molecule has 0 aliphatic heterocycles. The van der Waals surface area contributed by atoms with Crippen LogP contribution in [-0.4, -0.2) is 33.2 Å². The number of aliphatic hydroxyl groups is 1. The molecule has 0 fully saturated rings. The van der Waals surface area contributed by atoms with E-state index < -0.39 is 14.4 Å². The van der Waals surface area contributed by atoms with E-state index in [-0.39, 0.29) is 5.04 Å². The minimum Gasteiger partial charge on any atom is -0.496 e. The first kappa shape index (κ1) is 25.4. The lowest BCUT2D eigenvalue weighted by atomic mass is 10.0. The number of aliphatic hydroxyl groups excluding tert-OH is 1. The molecule has 0 radical (unpaired) electrons. The molecule has 4 heteroatoms. The summed E-state index contributed by atoms with van der Waals surface area (Å²) < 4.78 is 12.5. The van der Waals surface area contributed by atoms with Gasteiger partial charge in [0.15, 0.2) is 0 Å². The van der Waals surface area contributed by atoms with Crippen molar-refractivity contribution in [2.24, 2.45) is 0 Å². The molecule has 0 amide bonds. The van der Waals surface area contributed by atoms with Crippen molar-refractivity contribution in [3.05, 3.63) is 96.1 Å². The van der Waals surface area contributed by atoms with Gasteiger partial charge in [-0.2, -0.15) is 0 Å². The SMILES string of the molecule is COc1cccc2c1CC/C2=C\CC(O)CCO[Si](c1ccccc1)(c1ccccc1)C(C)(C)C. The number of allylic oxidation sites excluding steroid dienone is 1. The van der Waals surface area contributed by atoms with E-state index in [1.807, 2.05) is 12.1 Å². The minimum absolute atomic E-state index is 0.0603. The zero-order chi connectivity index (χ0) is 24.9. The van der Waals surface area contributed by atoms with Crippen LogP contribution in [0.2, 0.25) is 5.04 Å². The Hall–Kier alpha value is -2.66. The summed E-state index contributed by atoms with van der Waals surface area (Å²) in [5, 5.41) is 13.3. The van der Waals surface area contributed by atoms with Gasteiger partial charge in [0, 0.05) is 12.2 Å². The molecule has 3 aromatic carbocycles. The molecule has 4 rings (SSSR count). The van der Waals surface area contributed by atoms with Crippen LogP contribution in [0.3, 0.4) is 0 Å². The molecular weight excluding hydrogens is 448 g/mol. The summed E-state index contributed by atoms with van der Waals surface area (Å²) in [6.07, 6.45) is 5.02. The molecule has 1 unspecified atom stereocenters. The Bertz CT molecular complexity index is 1090. The van der Waals surface area contributed by atoms with Crippen LogP contribution in [0.1, 0.15) is 51.2 Å². The maximum atomic E-state index is 10.9. The van der Waals surface area contributed by atoms with Crippen LogP contribution in [0.15, 0.2) is 84.9 Å².